The Labute approximate surface area is 195 Å². The van der Waals surface area contributed by atoms with Crippen molar-refractivity contribution in [2.75, 3.05) is 7.11 Å². The highest BCUT2D eigenvalue weighted by Gasteiger charge is 2.33. The number of fused-ring (bicyclic) bond motifs is 1. The van der Waals surface area contributed by atoms with Crippen LogP contribution in [0, 0.1) is 13.8 Å². The van der Waals surface area contributed by atoms with E-state index in [1.165, 1.54) is 12.1 Å². The van der Waals surface area contributed by atoms with Crippen molar-refractivity contribution in [1.82, 2.24) is 24.3 Å². The number of methoxy groups -OCH3 is 1. The Morgan fingerprint density at radius 1 is 1.09 bits per heavy atom. The number of halogens is 3. The molecule has 5 rings (SSSR count). The maximum absolute atomic E-state index is 13.4. The minimum absolute atomic E-state index is 0.243. The molecule has 1 aliphatic rings. The van der Waals surface area contributed by atoms with Gasteiger partial charge in [0, 0.05) is 24.2 Å². The molecule has 0 saturated heterocycles. The van der Waals surface area contributed by atoms with Gasteiger partial charge in [0.05, 0.1) is 30.4 Å². The van der Waals surface area contributed by atoms with E-state index >= 15 is 0 Å². The van der Waals surface area contributed by atoms with E-state index in [0.29, 0.717) is 29.5 Å². The highest BCUT2D eigenvalue weighted by molar-refractivity contribution is 5.63. The van der Waals surface area contributed by atoms with Crippen LogP contribution < -0.4 is 4.74 Å². The van der Waals surface area contributed by atoms with Crippen molar-refractivity contribution in [3.8, 4) is 22.8 Å². The molecule has 2 aromatic carbocycles. The van der Waals surface area contributed by atoms with Gasteiger partial charge in [-0.05, 0) is 68.1 Å². The summed E-state index contributed by atoms with van der Waals surface area (Å²) in [6, 6.07) is 9.64. The van der Waals surface area contributed by atoms with Crippen LogP contribution in [0.25, 0.3) is 17.1 Å². The Kier molecular flexibility index (Phi) is 5.42. The molecule has 1 unspecified atom stereocenters. The number of rotatable bonds is 4. The summed E-state index contributed by atoms with van der Waals surface area (Å²) in [5.74, 6) is 1.62. The second kappa shape index (κ2) is 8.30. The van der Waals surface area contributed by atoms with Gasteiger partial charge in [0.2, 0.25) is 0 Å². The molecule has 6 nitrogen and oxygen atoms in total. The maximum Gasteiger partial charge on any atom is 0.416 e. The standard InChI is InChI=1S/C25H24F3N5O/c1-15-6-8-18(25(26,27)28)12-20(15)19-5-4-10-33-24(19)30-23(31-33)17-7-9-21(22(11-17)34-3)32-13-16(2)29-14-32/h6-9,11-14,19H,4-5,10H2,1-3H3. The number of aryl methyl sites for hydroxylation is 3. The number of ether oxygens (including phenoxy) is 1. The largest absolute Gasteiger partial charge is 0.495 e. The van der Waals surface area contributed by atoms with E-state index in [9.17, 15) is 13.2 Å². The van der Waals surface area contributed by atoms with Gasteiger partial charge in [-0.25, -0.2) is 14.6 Å². The average Bonchev–Trinajstić information content (AvgIpc) is 3.44. The molecule has 0 amide bonds. The zero-order valence-electron chi connectivity index (χ0n) is 19.1. The Morgan fingerprint density at radius 2 is 1.91 bits per heavy atom. The van der Waals surface area contributed by atoms with Crippen LogP contribution in [0.4, 0.5) is 13.2 Å². The van der Waals surface area contributed by atoms with Crippen molar-refractivity contribution in [2.24, 2.45) is 0 Å². The van der Waals surface area contributed by atoms with Crippen LogP contribution in [0.15, 0.2) is 48.9 Å². The van der Waals surface area contributed by atoms with Crippen LogP contribution in [-0.4, -0.2) is 31.4 Å². The van der Waals surface area contributed by atoms with Gasteiger partial charge >= 0.3 is 6.18 Å². The molecule has 1 atom stereocenters. The molecule has 1 aliphatic heterocycles. The SMILES string of the molecule is COc1cc(-c2nc3n(n2)CCCC3c2cc(C(F)(F)F)ccc2C)ccc1-n1cnc(C)c1. The lowest BCUT2D eigenvalue weighted by Gasteiger charge is -2.24. The fourth-order valence-corrected chi connectivity index (χ4v) is 4.54. The van der Waals surface area contributed by atoms with Gasteiger partial charge < -0.3 is 9.30 Å². The molecule has 34 heavy (non-hydrogen) atoms. The first kappa shape index (κ1) is 22.2. The normalized spacial score (nSPS) is 15.9. The molecular weight excluding hydrogens is 443 g/mol. The Balaban J connectivity index is 1.54. The summed E-state index contributed by atoms with van der Waals surface area (Å²) in [6.07, 6.45) is 0.790. The topological polar surface area (TPSA) is 57.8 Å². The van der Waals surface area contributed by atoms with E-state index in [-0.39, 0.29) is 5.92 Å². The first-order chi connectivity index (χ1) is 16.2. The number of imidazole rings is 1. The molecule has 0 aliphatic carbocycles. The number of hydrogen-bond donors (Lipinski definition) is 0. The minimum atomic E-state index is -4.39. The summed E-state index contributed by atoms with van der Waals surface area (Å²) in [5, 5.41) is 4.69. The van der Waals surface area contributed by atoms with Crippen molar-refractivity contribution >= 4 is 0 Å². The van der Waals surface area contributed by atoms with Crippen LogP contribution >= 0.6 is 0 Å². The summed E-state index contributed by atoms with van der Waals surface area (Å²) in [7, 11) is 1.60. The lowest BCUT2D eigenvalue weighted by atomic mass is 9.87. The molecule has 0 radical (unpaired) electrons. The van der Waals surface area contributed by atoms with Gasteiger partial charge in [0.15, 0.2) is 5.82 Å². The summed E-state index contributed by atoms with van der Waals surface area (Å²) in [4.78, 5) is 9.06. The van der Waals surface area contributed by atoms with Gasteiger partial charge in [-0.3, -0.25) is 0 Å². The van der Waals surface area contributed by atoms with E-state index in [2.05, 4.69) is 10.1 Å². The van der Waals surface area contributed by atoms with E-state index in [1.54, 1.807) is 13.4 Å². The Morgan fingerprint density at radius 3 is 2.62 bits per heavy atom. The predicted octanol–water partition coefficient (Wildman–Crippen LogP) is 5.70. The van der Waals surface area contributed by atoms with Gasteiger partial charge in [0.25, 0.3) is 0 Å². The van der Waals surface area contributed by atoms with Crippen LogP contribution in [0.2, 0.25) is 0 Å². The number of aromatic nitrogens is 5. The van der Waals surface area contributed by atoms with Crippen LogP contribution in [0.3, 0.4) is 0 Å². The van der Waals surface area contributed by atoms with Crippen molar-refractivity contribution < 1.29 is 17.9 Å². The van der Waals surface area contributed by atoms with Crippen LogP contribution in [-0.2, 0) is 12.7 Å². The van der Waals surface area contributed by atoms with Gasteiger partial charge in [-0.2, -0.15) is 18.3 Å². The Hall–Kier alpha value is -3.62. The smallest absolute Gasteiger partial charge is 0.416 e. The highest BCUT2D eigenvalue weighted by Crippen LogP contribution is 2.39. The van der Waals surface area contributed by atoms with Gasteiger partial charge in [-0.15, -0.1) is 0 Å². The first-order valence-corrected chi connectivity index (χ1v) is 11.1. The Bertz CT molecular complexity index is 1360. The van der Waals surface area contributed by atoms with E-state index in [0.717, 1.165) is 41.4 Å². The summed E-state index contributed by atoms with van der Waals surface area (Å²) < 4.78 is 49.4. The third kappa shape index (κ3) is 3.95. The van der Waals surface area contributed by atoms with Gasteiger partial charge in [-0.1, -0.05) is 6.07 Å². The second-order valence-corrected chi connectivity index (χ2v) is 8.59. The lowest BCUT2D eigenvalue weighted by molar-refractivity contribution is -0.137. The molecule has 0 N–H and O–H groups in total. The molecule has 4 aromatic rings. The average molecular weight is 467 g/mol. The monoisotopic (exact) mass is 467 g/mol. The summed E-state index contributed by atoms with van der Waals surface area (Å²) >= 11 is 0. The molecule has 0 saturated carbocycles. The van der Waals surface area contributed by atoms with Crippen molar-refractivity contribution in [2.45, 2.75) is 45.3 Å². The van der Waals surface area contributed by atoms with E-state index < -0.39 is 11.7 Å². The first-order valence-electron chi connectivity index (χ1n) is 11.1. The van der Waals surface area contributed by atoms with E-state index in [4.69, 9.17) is 9.72 Å². The third-order valence-corrected chi connectivity index (χ3v) is 6.28. The lowest BCUT2D eigenvalue weighted by Crippen LogP contribution is -2.19. The molecule has 0 bridgehead atoms. The van der Waals surface area contributed by atoms with E-state index in [1.807, 2.05) is 47.5 Å². The van der Waals surface area contributed by atoms with Crippen LogP contribution in [0.5, 0.6) is 5.75 Å². The number of hydrogen-bond acceptors (Lipinski definition) is 4. The quantitative estimate of drug-likeness (QED) is 0.386. The fraction of sp³-hybridized carbons (Fsp3) is 0.320. The zero-order chi connectivity index (χ0) is 24.0. The van der Waals surface area contributed by atoms with Crippen LogP contribution in [0.1, 0.15) is 47.0 Å². The highest BCUT2D eigenvalue weighted by atomic mass is 19.4. The maximum atomic E-state index is 13.4. The van der Waals surface area contributed by atoms with Crippen molar-refractivity contribution in [3.63, 3.8) is 0 Å². The fourth-order valence-electron chi connectivity index (χ4n) is 4.54. The number of nitrogens with zero attached hydrogens (tertiary/aromatic N) is 5. The molecule has 0 fully saturated rings. The minimum Gasteiger partial charge on any atom is -0.495 e. The number of benzene rings is 2. The molecule has 3 heterocycles. The zero-order valence-corrected chi connectivity index (χ0v) is 19.1. The second-order valence-electron chi connectivity index (χ2n) is 8.59. The molecular formula is C25H24F3N5O. The molecule has 176 valence electrons. The molecule has 9 heteroatoms. The number of alkyl halides is 3. The molecule has 0 spiro atoms. The summed E-state index contributed by atoms with van der Waals surface area (Å²) in [5.41, 5.74) is 3.34. The summed E-state index contributed by atoms with van der Waals surface area (Å²) in [6.45, 7) is 4.44. The van der Waals surface area contributed by atoms with Crippen molar-refractivity contribution in [1.29, 1.82) is 0 Å². The predicted molar refractivity (Wildman–Crippen MR) is 121 cm³/mol. The molecule has 2 aromatic heterocycles. The van der Waals surface area contributed by atoms with Crippen molar-refractivity contribution in [3.05, 3.63) is 77.1 Å². The third-order valence-electron chi connectivity index (χ3n) is 6.28. The van der Waals surface area contributed by atoms with Gasteiger partial charge in [0.1, 0.15) is 11.6 Å².